The molecule has 0 bridgehead atoms. The molecule has 1 fully saturated rings. The van der Waals surface area contributed by atoms with E-state index in [4.69, 9.17) is 0 Å². The molecule has 0 aliphatic heterocycles. The zero-order chi connectivity index (χ0) is 9.26. The molecule has 1 aromatic heterocycles. The van der Waals surface area contributed by atoms with Crippen LogP contribution < -0.4 is 0 Å². The van der Waals surface area contributed by atoms with Gasteiger partial charge in [-0.05, 0) is 52.1 Å². The molecule has 0 aromatic carbocycles. The van der Waals surface area contributed by atoms with E-state index in [1.54, 1.807) is 11.3 Å². The Morgan fingerprint density at radius 3 is 2.77 bits per heavy atom. The van der Waals surface area contributed by atoms with E-state index in [9.17, 15) is 0 Å². The molecule has 2 unspecified atom stereocenters. The van der Waals surface area contributed by atoms with Gasteiger partial charge in [0.1, 0.15) is 0 Å². The Kier molecular flexibility index (Phi) is 3.49. The molecule has 1 aliphatic carbocycles. The molecule has 1 saturated carbocycles. The minimum Gasteiger partial charge on any atom is -0.151 e. The van der Waals surface area contributed by atoms with Crippen molar-refractivity contribution in [3.63, 3.8) is 0 Å². The molecule has 1 aromatic rings. The topological polar surface area (TPSA) is 0 Å². The molecule has 72 valence electrons. The van der Waals surface area contributed by atoms with E-state index in [1.165, 1.54) is 35.7 Å². The highest BCUT2D eigenvalue weighted by Gasteiger charge is 2.23. The van der Waals surface area contributed by atoms with E-state index in [-0.39, 0.29) is 0 Å². The highest BCUT2D eigenvalue weighted by Crippen LogP contribution is 2.40. The lowest BCUT2D eigenvalue weighted by Crippen LogP contribution is -2.13. The van der Waals surface area contributed by atoms with E-state index in [2.05, 4.69) is 42.6 Å². The fourth-order valence-electron chi connectivity index (χ4n) is 2.00. The highest BCUT2D eigenvalue weighted by molar-refractivity contribution is 9.10. The molecule has 2 rings (SSSR count). The van der Waals surface area contributed by atoms with Crippen LogP contribution in [0.15, 0.2) is 15.2 Å². The van der Waals surface area contributed by atoms with Crippen LogP contribution in [0.2, 0.25) is 0 Å². The Morgan fingerprint density at radius 1 is 1.31 bits per heavy atom. The molecule has 1 aliphatic rings. The molecule has 2 atom stereocenters. The summed E-state index contributed by atoms with van der Waals surface area (Å²) in [5.74, 6) is 0.777. The van der Waals surface area contributed by atoms with Crippen molar-refractivity contribution in [1.29, 1.82) is 0 Å². The summed E-state index contributed by atoms with van der Waals surface area (Å²) in [7, 11) is 0. The smallest absolute Gasteiger partial charge is 0.0317 e. The maximum atomic E-state index is 3.73. The van der Waals surface area contributed by atoms with E-state index >= 15 is 0 Å². The molecule has 0 saturated heterocycles. The lowest BCUT2D eigenvalue weighted by molar-refractivity contribution is 0.458. The summed E-state index contributed by atoms with van der Waals surface area (Å²) in [5, 5.41) is 4.48. The van der Waals surface area contributed by atoms with Crippen LogP contribution in [0.4, 0.5) is 0 Å². The molecule has 1 heterocycles. The maximum Gasteiger partial charge on any atom is 0.0317 e. The van der Waals surface area contributed by atoms with Gasteiger partial charge in [0.05, 0.1) is 0 Å². The van der Waals surface area contributed by atoms with Gasteiger partial charge in [-0.2, -0.15) is 11.3 Å². The van der Waals surface area contributed by atoms with Crippen molar-refractivity contribution in [3.8, 4) is 0 Å². The molecule has 0 spiro atoms. The molecule has 0 nitrogen and oxygen atoms in total. The Hall–Kier alpha value is 0.660. The standard InChI is InChI=1S/C10H12Br2S/c11-8-3-1-2-7(4-8)9-5-13-6-10(9)12/h5-8H,1-4H2. The van der Waals surface area contributed by atoms with Crippen LogP contribution in [0.3, 0.4) is 0 Å². The number of halogens is 2. The summed E-state index contributed by atoms with van der Waals surface area (Å²) in [4.78, 5) is 0.734. The molecular formula is C10H12Br2S. The molecule has 13 heavy (non-hydrogen) atoms. The lowest BCUT2D eigenvalue weighted by Gasteiger charge is -2.25. The van der Waals surface area contributed by atoms with Gasteiger partial charge in [-0.15, -0.1) is 0 Å². The van der Waals surface area contributed by atoms with Gasteiger partial charge in [-0.1, -0.05) is 22.4 Å². The van der Waals surface area contributed by atoms with Crippen molar-refractivity contribution in [3.05, 3.63) is 20.8 Å². The van der Waals surface area contributed by atoms with E-state index in [0.29, 0.717) is 0 Å². The number of hydrogen-bond donors (Lipinski definition) is 0. The summed E-state index contributed by atoms with van der Waals surface area (Å²) < 4.78 is 1.31. The van der Waals surface area contributed by atoms with E-state index in [1.807, 2.05) is 0 Å². The van der Waals surface area contributed by atoms with Crippen LogP contribution in [0.5, 0.6) is 0 Å². The van der Waals surface area contributed by atoms with Crippen molar-refractivity contribution in [2.45, 2.75) is 36.4 Å². The predicted molar refractivity (Wildman–Crippen MR) is 65.9 cm³/mol. The Morgan fingerprint density at radius 2 is 2.15 bits per heavy atom. The average molecular weight is 324 g/mol. The summed E-state index contributed by atoms with van der Waals surface area (Å²) in [5.41, 5.74) is 1.52. The second-order valence-electron chi connectivity index (χ2n) is 3.64. The van der Waals surface area contributed by atoms with Gasteiger partial charge in [-0.3, -0.25) is 0 Å². The quantitative estimate of drug-likeness (QED) is 0.643. The number of alkyl halides is 1. The Balaban J connectivity index is 2.12. The Bertz CT molecular complexity index is 282. The second-order valence-corrected chi connectivity index (χ2v) is 6.53. The average Bonchev–Trinajstić information content (AvgIpc) is 2.51. The van der Waals surface area contributed by atoms with Crippen LogP contribution >= 0.6 is 43.2 Å². The third kappa shape index (κ3) is 2.37. The molecule has 3 heteroatoms. The van der Waals surface area contributed by atoms with Gasteiger partial charge in [0, 0.05) is 14.7 Å². The molecular weight excluding hydrogens is 312 g/mol. The number of rotatable bonds is 1. The van der Waals surface area contributed by atoms with Gasteiger partial charge in [0.25, 0.3) is 0 Å². The predicted octanol–water partition coefficient (Wildman–Crippen LogP) is 4.93. The first-order chi connectivity index (χ1) is 6.27. The van der Waals surface area contributed by atoms with Gasteiger partial charge in [-0.25, -0.2) is 0 Å². The monoisotopic (exact) mass is 322 g/mol. The first-order valence-corrected chi connectivity index (χ1v) is 7.28. The van der Waals surface area contributed by atoms with Crippen molar-refractivity contribution in [2.75, 3.05) is 0 Å². The number of thiophene rings is 1. The minimum absolute atomic E-state index is 0.734. The fraction of sp³-hybridized carbons (Fsp3) is 0.600. The SMILES string of the molecule is Brc1cscc1C1CCCC(Br)C1. The van der Waals surface area contributed by atoms with Gasteiger partial charge < -0.3 is 0 Å². The second kappa shape index (κ2) is 4.45. The first kappa shape index (κ1) is 10.2. The van der Waals surface area contributed by atoms with Gasteiger partial charge >= 0.3 is 0 Å². The van der Waals surface area contributed by atoms with Crippen molar-refractivity contribution in [2.24, 2.45) is 0 Å². The largest absolute Gasteiger partial charge is 0.151 e. The lowest BCUT2D eigenvalue weighted by atomic mass is 9.85. The van der Waals surface area contributed by atoms with E-state index in [0.717, 1.165) is 10.7 Å². The Labute approximate surface area is 100.0 Å². The molecule has 0 radical (unpaired) electrons. The zero-order valence-electron chi connectivity index (χ0n) is 7.30. The summed E-state index contributed by atoms with van der Waals surface area (Å²) in [6, 6.07) is 0. The van der Waals surface area contributed by atoms with Gasteiger partial charge in [0.15, 0.2) is 0 Å². The van der Waals surface area contributed by atoms with Crippen LogP contribution in [0.1, 0.15) is 37.2 Å². The van der Waals surface area contributed by atoms with Gasteiger partial charge in [0.2, 0.25) is 0 Å². The third-order valence-electron chi connectivity index (χ3n) is 2.69. The molecule has 0 amide bonds. The number of hydrogen-bond acceptors (Lipinski definition) is 1. The zero-order valence-corrected chi connectivity index (χ0v) is 11.3. The normalized spacial score (nSPS) is 29.1. The minimum atomic E-state index is 0.734. The van der Waals surface area contributed by atoms with Crippen LogP contribution in [0, 0.1) is 0 Å². The van der Waals surface area contributed by atoms with Crippen molar-refractivity contribution >= 4 is 43.2 Å². The summed E-state index contributed by atoms with van der Waals surface area (Å²) in [6.07, 6.45) is 5.37. The molecule has 0 N–H and O–H groups in total. The third-order valence-corrected chi connectivity index (χ3v) is 5.28. The summed E-state index contributed by atoms with van der Waals surface area (Å²) >= 11 is 9.14. The highest BCUT2D eigenvalue weighted by atomic mass is 79.9. The van der Waals surface area contributed by atoms with Crippen LogP contribution in [-0.2, 0) is 0 Å². The van der Waals surface area contributed by atoms with Crippen molar-refractivity contribution in [1.82, 2.24) is 0 Å². The van der Waals surface area contributed by atoms with E-state index < -0.39 is 0 Å². The fourth-order valence-corrected chi connectivity index (χ4v) is 4.47. The van der Waals surface area contributed by atoms with Crippen molar-refractivity contribution < 1.29 is 0 Å². The maximum absolute atomic E-state index is 3.73. The van der Waals surface area contributed by atoms with Crippen LogP contribution in [0.25, 0.3) is 0 Å². The summed E-state index contributed by atoms with van der Waals surface area (Å²) in [6.45, 7) is 0. The first-order valence-electron chi connectivity index (χ1n) is 4.63. The van der Waals surface area contributed by atoms with Crippen LogP contribution in [-0.4, -0.2) is 4.83 Å².